The average molecular weight is 317 g/mol. The number of aromatic nitrogens is 1. The Hall–Kier alpha value is -1.94. The van der Waals surface area contributed by atoms with E-state index in [-0.39, 0.29) is 5.69 Å². The zero-order chi connectivity index (χ0) is 15.9. The number of nitrogens with zero attached hydrogens (tertiary/aromatic N) is 2. The Balaban J connectivity index is 2.59. The average Bonchev–Trinajstić information content (AvgIpc) is 2.37. The van der Waals surface area contributed by atoms with Crippen molar-refractivity contribution in [3.63, 3.8) is 0 Å². The highest BCUT2D eigenvalue weighted by atomic mass is 32.2. The van der Waals surface area contributed by atoms with Crippen LogP contribution in [0.5, 0.6) is 0 Å². The van der Waals surface area contributed by atoms with E-state index in [0.29, 0.717) is 37.7 Å². The van der Waals surface area contributed by atoms with Crippen LogP contribution in [0.2, 0.25) is 0 Å². The van der Waals surface area contributed by atoms with Crippen molar-refractivity contribution in [2.45, 2.75) is 13.3 Å². The fourth-order valence-electron chi connectivity index (χ4n) is 1.55. The van der Waals surface area contributed by atoms with Gasteiger partial charge in [0.25, 0.3) is 5.69 Å². The Bertz CT molecular complexity index is 590. The molecular formula is C11H19N5O4S. The maximum absolute atomic E-state index is 10.9. The van der Waals surface area contributed by atoms with Crippen molar-refractivity contribution >= 4 is 27.3 Å². The summed E-state index contributed by atoms with van der Waals surface area (Å²) < 4.78 is 24.1. The van der Waals surface area contributed by atoms with Gasteiger partial charge in [0.15, 0.2) is 0 Å². The van der Waals surface area contributed by atoms with Gasteiger partial charge in [-0.25, -0.2) is 18.1 Å². The number of nitro groups is 1. The molecule has 1 aromatic rings. The molecule has 0 aliphatic heterocycles. The van der Waals surface area contributed by atoms with E-state index in [1.54, 1.807) is 0 Å². The second-order valence-corrected chi connectivity index (χ2v) is 6.16. The van der Waals surface area contributed by atoms with Crippen LogP contribution in [-0.2, 0) is 10.0 Å². The molecule has 0 fully saturated rings. The Morgan fingerprint density at radius 1 is 1.24 bits per heavy atom. The number of hydrogen-bond acceptors (Lipinski definition) is 7. The highest BCUT2D eigenvalue weighted by Gasteiger charge is 2.10. The Morgan fingerprint density at radius 2 is 1.86 bits per heavy atom. The summed E-state index contributed by atoms with van der Waals surface area (Å²) in [6.07, 6.45) is 1.62. The summed E-state index contributed by atoms with van der Waals surface area (Å²) in [5.41, 5.74) is -0.0577. The summed E-state index contributed by atoms with van der Waals surface area (Å²) in [7, 11) is -3.19. The van der Waals surface area contributed by atoms with Crippen LogP contribution in [-0.4, -0.2) is 44.2 Å². The van der Waals surface area contributed by atoms with E-state index in [1.165, 1.54) is 12.1 Å². The SMILES string of the molecule is CCNc1cc([N+](=O)[O-])cc(NCCCNS(C)(=O)=O)n1. The fraction of sp³-hybridized carbons (Fsp3) is 0.545. The Labute approximate surface area is 123 Å². The van der Waals surface area contributed by atoms with E-state index in [4.69, 9.17) is 0 Å². The van der Waals surface area contributed by atoms with Gasteiger partial charge in [0.2, 0.25) is 10.0 Å². The van der Waals surface area contributed by atoms with Crippen LogP contribution in [0.4, 0.5) is 17.3 Å². The minimum absolute atomic E-state index is 0.0577. The third-order valence-electron chi connectivity index (χ3n) is 2.40. The minimum atomic E-state index is -3.19. The molecule has 1 heterocycles. The Morgan fingerprint density at radius 3 is 2.38 bits per heavy atom. The van der Waals surface area contributed by atoms with Crippen LogP contribution in [0.15, 0.2) is 12.1 Å². The summed E-state index contributed by atoms with van der Waals surface area (Å²) >= 11 is 0. The van der Waals surface area contributed by atoms with Crippen molar-refractivity contribution in [1.82, 2.24) is 9.71 Å². The van der Waals surface area contributed by atoms with Crippen LogP contribution < -0.4 is 15.4 Å². The summed E-state index contributed by atoms with van der Waals surface area (Å²) in [5.74, 6) is 0.794. The van der Waals surface area contributed by atoms with Crippen LogP contribution >= 0.6 is 0 Å². The maximum Gasteiger partial charge on any atom is 0.276 e. The molecule has 0 bridgehead atoms. The molecule has 0 aromatic carbocycles. The lowest BCUT2D eigenvalue weighted by atomic mass is 10.3. The molecule has 0 saturated carbocycles. The molecule has 118 valence electrons. The zero-order valence-electron chi connectivity index (χ0n) is 11.9. The van der Waals surface area contributed by atoms with Gasteiger partial charge in [-0.2, -0.15) is 0 Å². The number of pyridine rings is 1. The molecule has 0 aliphatic carbocycles. The molecule has 3 N–H and O–H groups in total. The molecular weight excluding hydrogens is 298 g/mol. The lowest BCUT2D eigenvalue weighted by Gasteiger charge is -2.08. The van der Waals surface area contributed by atoms with E-state index < -0.39 is 14.9 Å². The summed E-state index contributed by atoms with van der Waals surface area (Å²) in [5, 5.41) is 16.7. The minimum Gasteiger partial charge on any atom is -0.370 e. The summed E-state index contributed by atoms with van der Waals surface area (Å²) in [6, 6.07) is 2.70. The molecule has 0 aliphatic rings. The van der Waals surface area contributed by atoms with Gasteiger partial charge in [-0.15, -0.1) is 0 Å². The highest BCUT2D eigenvalue weighted by molar-refractivity contribution is 7.88. The third kappa shape index (κ3) is 6.86. The molecule has 1 rings (SSSR count). The van der Waals surface area contributed by atoms with Crippen molar-refractivity contribution in [1.29, 1.82) is 0 Å². The smallest absolute Gasteiger partial charge is 0.276 e. The fourth-order valence-corrected chi connectivity index (χ4v) is 2.06. The van der Waals surface area contributed by atoms with Gasteiger partial charge in [-0.05, 0) is 13.3 Å². The van der Waals surface area contributed by atoms with Gasteiger partial charge in [-0.1, -0.05) is 0 Å². The van der Waals surface area contributed by atoms with Gasteiger partial charge in [0, 0.05) is 19.6 Å². The van der Waals surface area contributed by atoms with Crippen molar-refractivity contribution in [2.24, 2.45) is 0 Å². The largest absolute Gasteiger partial charge is 0.370 e. The van der Waals surface area contributed by atoms with E-state index in [0.717, 1.165) is 6.26 Å². The topological polar surface area (TPSA) is 126 Å². The van der Waals surface area contributed by atoms with E-state index in [2.05, 4.69) is 20.3 Å². The lowest BCUT2D eigenvalue weighted by Crippen LogP contribution is -2.24. The number of sulfonamides is 1. The summed E-state index contributed by atoms with van der Waals surface area (Å²) in [6.45, 7) is 3.21. The first kappa shape index (κ1) is 17.1. The predicted octanol–water partition coefficient (Wildman–Crippen LogP) is 0.773. The van der Waals surface area contributed by atoms with E-state index >= 15 is 0 Å². The second-order valence-electron chi connectivity index (χ2n) is 4.33. The number of anilines is 2. The molecule has 21 heavy (non-hydrogen) atoms. The molecule has 0 amide bonds. The monoisotopic (exact) mass is 317 g/mol. The first-order valence-electron chi connectivity index (χ1n) is 6.40. The van der Waals surface area contributed by atoms with Crippen molar-refractivity contribution in [3.8, 4) is 0 Å². The predicted molar refractivity (Wildman–Crippen MR) is 81.0 cm³/mol. The van der Waals surface area contributed by atoms with Gasteiger partial charge < -0.3 is 10.6 Å². The molecule has 1 aromatic heterocycles. The normalized spacial score (nSPS) is 11.1. The van der Waals surface area contributed by atoms with Crippen LogP contribution in [0.1, 0.15) is 13.3 Å². The third-order valence-corrected chi connectivity index (χ3v) is 3.13. The summed E-state index contributed by atoms with van der Waals surface area (Å²) in [4.78, 5) is 14.5. The standard InChI is InChI=1S/C11H19N5O4S/c1-3-12-10-7-9(16(17)18)8-11(15-10)13-5-4-6-14-21(2,19)20/h7-8,14H,3-6H2,1-2H3,(H2,12,13,15). The van der Waals surface area contributed by atoms with Crippen molar-refractivity contribution < 1.29 is 13.3 Å². The Kier molecular flexibility index (Phi) is 6.31. The van der Waals surface area contributed by atoms with Crippen LogP contribution in [0.25, 0.3) is 0 Å². The van der Waals surface area contributed by atoms with E-state index in [1.807, 2.05) is 6.92 Å². The number of hydrogen-bond donors (Lipinski definition) is 3. The van der Waals surface area contributed by atoms with Gasteiger partial charge >= 0.3 is 0 Å². The first-order valence-corrected chi connectivity index (χ1v) is 8.30. The first-order chi connectivity index (χ1) is 9.81. The van der Waals surface area contributed by atoms with Crippen molar-refractivity contribution in [2.75, 3.05) is 36.5 Å². The molecule has 10 heteroatoms. The molecule has 0 atom stereocenters. The van der Waals surface area contributed by atoms with Crippen LogP contribution in [0.3, 0.4) is 0 Å². The molecule has 0 saturated heterocycles. The lowest BCUT2D eigenvalue weighted by molar-refractivity contribution is -0.384. The molecule has 0 unspecified atom stereocenters. The van der Waals surface area contributed by atoms with E-state index in [9.17, 15) is 18.5 Å². The van der Waals surface area contributed by atoms with Crippen molar-refractivity contribution in [3.05, 3.63) is 22.2 Å². The zero-order valence-corrected chi connectivity index (χ0v) is 12.7. The molecule has 9 nitrogen and oxygen atoms in total. The van der Waals surface area contributed by atoms with Gasteiger partial charge in [0.05, 0.1) is 23.3 Å². The van der Waals surface area contributed by atoms with Gasteiger partial charge in [-0.3, -0.25) is 10.1 Å². The number of rotatable bonds is 9. The van der Waals surface area contributed by atoms with Crippen LogP contribution in [0, 0.1) is 10.1 Å². The maximum atomic E-state index is 10.9. The van der Waals surface area contributed by atoms with Gasteiger partial charge in [0.1, 0.15) is 11.6 Å². The number of nitrogens with one attached hydrogen (secondary N) is 3. The highest BCUT2D eigenvalue weighted by Crippen LogP contribution is 2.20. The second kappa shape index (κ2) is 7.74. The quantitative estimate of drug-likeness (QED) is 0.349. The molecule has 0 radical (unpaired) electrons. The molecule has 0 spiro atoms.